The van der Waals surface area contributed by atoms with Crippen LogP contribution in [0.5, 0.6) is 0 Å². The summed E-state index contributed by atoms with van der Waals surface area (Å²) >= 11 is 1.44. The summed E-state index contributed by atoms with van der Waals surface area (Å²) in [5.41, 5.74) is 1.71. The van der Waals surface area contributed by atoms with E-state index in [4.69, 9.17) is 0 Å². The zero-order valence-electron chi connectivity index (χ0n) is 9.82. The van der Waals surface area contributed by atoms with Gasteiger partial charge in [-0.1, -0.05) is 0 Å². The van der Waals surface area contributed by atoms with Crippen LogP contribution < -0.4 is 5.69 Å². The van der Waals surface area contributed by atoms with E-state index in [2.05, 4.69) is 9.97 Å². The molecular formula is C12H10FN3OS. The molecule has 0 amide bonds. The summed E-state index contributed by atoms with van der Waals surface area (Å²) < 4.78 is 14.6. The number of halogens is 1. The lowest BCUT2D eigenvalue weighted by Crippen LogP contribution is -2.14. The van der Waals surface area contributed by atoms with Crippen LogP contribution >= 0.6 is 11.3 Å². The van der Waals surface area contributed by atoms with Gasteiger partial charge in [0.15, 0.2) is 5.13 Å². The Balaban J connectivity index is 2.35. The van der Waals surface area contributed by atoms with E-state index in [0.717, 1.165) is 10.6 Å². The molecule has 0 aliphatic rings. The molecule has 0 spiro atoms. The van der Waals surface area contributed by atoms with Crippen molar-refractivity contribution in [2.45, 2.75) is 13.8 Å². The second-order valence-electron chi connectivity index (χ2n) is 4.07. The molecule has 92 valence electrons. The first-order valence-corrected chi connectivity index (χ1v) is 6.22. The van der Waals surface area contributed by atoms with E-state index in [1.807, 2.05) is 13.8 Å². The molecule has 0 fully saturated rings. The Labute approximate surface area is 106 Å². The highest BCUT2D eigenvalue weighted by Crippen LogP contribution is 2.22. The van der Waals surface area contributed by atoms with Gasteiger partial charge < -0.3 is 4.98 Å². The summed E-state index contributed by atoms with van der Waals surface area (Å²) in [5, 5.41) is 0.604. The number of aromatic amines is 1. The van der Waals surface area contributed by atoms with Gasteiger partial charge in [0.25, 0.3) is 0 Å². The van der Waals surface area contributed by atoms with Crippen molar-refractivity contribution in [3.63, 3.8) is 0 Å². The van der Waals surface area contributed by atoms with E-state index in [9.17, 15) is 9.18 Å². The molecule has 0 unspecified atom stereocenters. The van der Waals surface area contributed by atoms with Gasteiger partial charge in [-0.3, -0.25) is 0 Å². The number of thiazole rings is 1. The Kier molecular flexibility index (Phi) is 2.34. The minimum absolute atomic E-state index is 0.302. The van der Waals surface area contributed by atoms with E-state index in [0.29, 0.717) is 16.2 Å². The maximum Gasteiger partial charge on any atom is 0.332 e. The van der Waals surface area contributed by atoms with Gasteiger partial charge in [-0.25, -0.2) is 18.7 Å². The van der Waals surface area contributed by atoms with Gasteiger partial charge in [-0.05, 0) is 32.0 Å². The predicted octanol–water partition coefficient (Wildman–Crippen LogP) is 2.53. The number of aromatic nitrogens is 3. The number of rotatable bonds is 1. The Bertz CT molecular complexity index is 780. The maximum atomic E-state index is 13.1. The van der Waals surface area contributed by atoms with Crippen LogP contribution in [0.2, 0.25) is 0 Å². The normalized spacial score (nSPS) is 11.3. The molecule has 0 aliphatic carbocycles. The van der Waals surface area contributed by atoms with Gasteiger partial charge in [0.1, 0.15) is 5.82 Å². The van der Waals surface area contributed by atoms with Crippen LogP contribution in [0.25, 0.3) is 16.2 Å². The highest BCUT2D eigenvalue weighted by molar-refractivity contribution is 7.14. The molecule has 0 atom stereocenters. The Morgan fingerprint density at radius 2 is 2.17 bits per heavy atom. The third kappa shape index (κ3) is 1.57. The molecule has 0 saturated heterocycles. The molecule has 18 heavy (non-hydrogen) atoms. The third-order valence-electron chi connectivity index (χ3n) is 2.85. The van der Waals surface area contributed by atoms with Crippen LogP contribution in [0, 0.1) is 19.7 Å². The Morgan fingerprint density at radius 3 is 2.83 bits per heavy atom. The zero-order valence-corrected chi connectivity index (χ0v) is 10.6. The number of nitrogens with one attached hydrogen (secondary N) is 1. The quantitative estimate of drug-likeness (QED) is 0.733. The predicted molar refractivity (Wildman–Crippen MR) is 69.0 cm³/mol. The van der Waals surface area contributed by atoms with E-state index in [1.165, 1.54) is 28.0 Å². The number of nitrogens with zero attached hydrogens (tertiary/aromatic N) is 2. The topological polar surface area (TPSA) is 50.7 Å². The summed E-state index contributed by atoms with van der Waals surface area (Å²) in [6.45, 7) is 3.85. The number of hydrogen-bond donors (Lipinski definition) is 1. The Morgan fingerprint density at radius 1 is 1.39 bits per heavy atom. The lowest BCUT2D eigenvalue weighted by molar-refractivity contribution is 0.629. The fourth-order valence-electron chi connectivity index (χ4n) is 1.83. The van der Waals surface area contributed by atoms with Crippen molar-refractivity contribution >= 4 is 22.4 Å². The smallest absolute Gasteiger partial charge is 0.305 e. The van der Waals surface area contributed by atoms with Crippen molar-refractivity contribution in [1.29, 1.82) is 0 Å². The lowest BCUT2D eigenvalue weighted by atomic mass is 10.3. The molecule has 0 bridgehead atoms. The van der Waals surface area contributed by atoms with Gasteiger partial charge in [0, 0.05) is 4.88 Å². The number of benzene rings is 1. The monoisotopic (exact) mass is 263 g/mol. The van der Waals surface area contributed by atoms with E-state index in [-0.39, 0.29) is 11.5 Å². The molecule has 1 N–H and O–H groups in total. The largest absolute Gasteiger partial charge is 0.332 e. The molecule has 3 aromatic rings. The van der Waals surface area contributed by atoms with E-state index < -0.39 is 0 Å². The van der Waals surface area contributed by atoms with Crippen molar-refractivity contribution in [1.82, 2.24) is 14.5 Å². The molecule has 0 radical (unpaired) electrons. The molecule has 4 nitrogen and oxygen atoms in total. The van der Waals surface area contributed by atoms with Crippen molar-refractivity contribution in [3.05, 3.63) is 45.1 Å². The molecule has 6 heteroatoms. The summed E-state index contributed by atoms with van der Waals surface area (Å²) in [4.78, 5) is 20.0. The van der Waals surface area contributed by atoms with Gasteiger partial charge in [0.05, 0.1) is 16.7 Å². The van der Waals surface area contributed by atoms with Gasteiger partial charge in [0.2, 0.25) is 0 Å². The van der Waals surface area contributed by atoms with Crippen LogP contribution in [0.3, 0.4) is 0 Å². The standard InChI is InChI=1S/C12H10FN3OS/c1-6-7(2)18-12(14-6)16-10-4-3-8(13)5-9(10)15-11(16)17/h3-5H,1-2H3,(H,15,17). The fourth-order valence-corrected chi connectivity index (χ4v) is 2.75. The molecule has 2 heterocycles. The molecule has 0 aliphatic heterocycles. The van der Waals surface area contributed by atoms with Crippen molar-refractivity contribution in [3.8, 4) is 5.13 Å². The van der Waals surface area contributed by atoms with Gasteiger partial charge in [-0.15, -0.1) is 11.3 Å². The summed E-state index contributed by atoms with van der Waals surface area (Å²) in [6, 6.07) is 4.22. The number of H-pyrrole nitrogens is 1. The van der Waals surface area contributed by atoms with E-state index >= 15 is 0 Å². The minimum Gasteiger partial charge on any atom is -0.305 e. The average molecular weight is 263 g/mol. The minimum atomic E-state index is -0.373. The summed E-state index contributed by atoms with van der Waals surface area (Å²) in [6.07, 6.45) is 0. The molecule has 1 aromatic carbocycles. The molecular weight excluding hydrogens is 253 g/mol. The maximum absolute atomic E-state index is 13.1. The Hall–Kier alpha value is -1.95. The first kappa shape index (κ1) is 11.2. The molecule has 3 rings (SSSR count). The number of imidazole rings is 1. The third-order valence-corrected chi connectivity index (χ3v) is 3.91. The molecule has 2 aromatic heterocycles. The second-order valence-corrected chi connectivity index (χ2v) is 5.25. The average Bonchev–Trinajstić information content (AvgIpc) is 2.78. The second kappa shape index (κ2) is 3.78. The van der Waals surface area contributed by atoms with Gasteiger partial charge in [-0.2, -0.15) is 0 Å². The summed E-state index contributed by atoms with van der Waals surface area (Å²) in [7, 11) is 0. The first-order chi connectivity index (χ1) is 8.56. The van der Waals surface area contributed by atoms with Crippen molar-refractivity contribution < 1.29 is 4.39 Å². The zero-order chi connectivity index (χ0) is 12.9. The SMILES string of the molecule is Cc1nc(-n2c(=O)[nH]c3cc(F)ccc32)sc1C. The summed E-state index contributed by atoms with van der Waals surface area (Å²) in [5.74, 6) is -0.373. The van der Waals surface area contributed by atoms with Crippen LogP contribution in [0.4, 0.5) is 4.39 Å². The van der Waals surface area contributed by atoms with E-state index in [1.54, 1.807) is 6.07 Å². The van der Waals surface area contributed by atoms with Crippen molar-refractivity contribution in [2.24, 2.45) is 0 Å². The lowest BCUT2D eigenvalue weighted by Gasteiger charge is -1.97. The number of fused-ring (bicyclic) bond motifs is 1. The number of aryl methyl sites for hydroxylation is 2. The number of hydrogen-bond acceptors (Lipinski definition) is 3. The van der Waals surface area contributed by atoms with Crippen LogP contribution in [-0.2, 0) is 0 Å². The van der Waals surface area contributed by atoms with Crippen LogP contribution in [0.15, 0.2) is 23.0 Å². The van der Waals surface area contributed by atoms with Crippen LogP contribution in [0.1, 0.15) is 10.6 Å². The molecule has 0 saturated carbocycles. The fraction of sp³-hybridized carbons (Fsp3) is 0.167. The van der Waals surface area contributed by atoms with Crippen LogP contribution in [-0.4, -0.2) is 14.5 Å². The highest BCUT2D eigenvalue weighted by Gasteiger charge is 2.13. The van der Waals surface area contributed by atoms with Crippen molar-refractivity contribution in [2.75, 3.05) is 0 Å². The first-order valence-electron chi connectivity index (χ1n) is 5.41. The highest BCUT2D eigenvalue weighted by atomic mass is 32.1. The van der Waals surface area contributed by atoms with Gasteiger partial charge >= 0.3 is 5.69 Å².